The van der Waals surface area contributed by atoms with Gasteiger partial charge in [0, 0.05) is 32.0 Å². The molecule has 52 heavy (non-hydrogen) atoms. The molecule has 3 aromatic heterocycles. The molecule has 272 valence electrons. The Hall–Kier alpha value is -3.04. The van der Waals surface area contributed by atoms with Gasteiger partial charge in [-0.2, -0.15) is 0 Å². The van der Waals surface area contributed by atoms with Gasteiger partial charge < -0.3 is 9.47 Å². The summed E-state index contributed by atoms with van der Waals surface area (Å²) in [7, 11) is 0. The van der Waals surface area contributed by atoms with Crippen LogP contribution < -0.4 is 9.47 Å². The van der Waals surface area contributed by atoms with E-state index in [0.717, 1.165) is 86.3 Å². The normalized spacial score (nSPS) is 11.4. The van der Waals surface area contributed by atoms with E-state index in [4.69, 9.17) is 19.4 Å². The SMILES string of the molecule is CCCCCCCCOc1cccc(-c2nc3c(-c4ccc(Br)s4)ccc(-c4ccc(Br)s4)c3nc2-c2cccc(OCCCCCCCC)c2)c1. The van der Waals surface area contributed by atoms with Crippen LogP contribution in [0.15, 0.2) is 92.5 Å². The molecule has 0 aliphatic carbocycles. The van der Waals surface area contributed by atoms with Gasteiger partial charge in [0.15, 0.2) is 0 Å². The van der Waals surface area contributed by atoms with Gasteiger partial charge in [0.05, 0.1) is 43.2 Å². The lowest BCUT2D eigenvalue weighted by atomic mass is 10.0. The van der Waals surface area contributed by atoms with Crippen molar-refractivity contribution in [3.05, 3.63) is 92.5 Å². The molecule has 0 atom stereocenters. The van der Waals surface area contributed by atoms with E-state index in [2.05, 4.69) is 119 Å². The second kappa shape index (κ2) is 19.9. The van der Waals surface area contributed by atoms with E-state index in [1.807, 2.05) is 12.1 Å². The van der Waals surface area contributed by atoms with E-state index >= 15 is 0 Å². The fraction of sp³-hybridized carbons (Fsp3) is 0.364. The van der Waals surface area contributed by atoms with Gasteiger partial charge >= 0.3 is 0 Å². The molecule has 6 aromatic rings. The van der Waals surface area contributed by atoms with Crippen molar-refractivity contribution in [3.8, 4) is 54.9 Å². The zero-order valence-electron chi connectivity index (χ0n) is 30.3. The Bertz CT molecular complexity index is 1890. The molecule has 0 aliphatic heterocycles. The van der Waals surface area contributed by atoms with Crippen LogP contribution in [0.2, 0.25) is 0 Å². The molecule has 0 spiro atoms. The predicted octanol–water partition coefficient (Wildman–Crippen LogP) is 15.4. The van der Waals surface area contributed by atoms with Crippen LogP contribution in [-0.4, -0.2) is 23.2 Å². The van der Waals surface area contributed by atoms with Crippen molar-refractivity contribution in [1.29, 1.82) is 0 Å². The highest BCUT2D eigenvalue weighted by molar-refractivity contribution is 9.11. The summed E-state index contributed by atoms with van der Waals surface area (Å²) in [5, 5.41) is 0. The molecule has 6 rings (SSSR count). The number of fused-ring (bicyclic) bond motifs is 1. The minimum atomic E-state index is 0.709. The first-order valence-electron chi connectivity index (χ1n) is 18.9. The number of thiophene rings is 2. The van der Waals surface area contributed by atoms with Gasteiger partial charge in [-0.3, -0.25) is 0 Å². The van der Waals surface area contributed by atoms with E-state index in [1.54, 1.807) is 22.7 Å². The molecular formula is C44H48Br2N2O2S2. The molecule has 0 bridgehead atoms. The molecule has 8 heteroatoms. The highest BCUT2D eigenvalue weighted by Gasteiger charge is 2.21. The van der Waals surface area contributed by atoms with Gasteiger partial charge in [0.1, 0.15) is 11.5 Å². The lowest BCUT2D eigenvalue weighted by Crippen LogP contribution is -2.01. The number of ether oxygens (including phenoxy) is 2. The summed E-state index contributed by atoms with van der Waals surface area (Å²) in [5.41, 5.74) is 7.50. The maximum absolute atomic E-state index is 6.31. The largest absolute Gasteiger partial charge is 0.494 e. The number of benzene rings is 3. The van der Waals surface area contributed by atoms with Crippen molar-refractivity contribution in [2.24, 2.45) is 0 Å². The second-order valence-corrected chi connectivity index (χ2v) is 18.2. The standard InChI is InChI=1S/C44H48Br2N2O2S2/c1-3-5-7-9-11-13-27-49-33-19-15-17-31(29-33)41-42(32-18-16-20-34(30-32)50-28-14-12-10-8-6-4-2)48-44-36(38-24-26-40(46)52-38)22-21-35(43(44)47-41)37-23-25-39(45)51-37/h15-26,29-30H,3-14,27-28H2,1-2H3. The minimum Gasteiger partial charge on any atom is -0.494 e. The molecule has 0 aliphatic rings. The average Bonchev–Trinajstić information content (AvgIpc) is 3.81. The number of aromatic nitrogens is 2. The molecule has 0 fully saturated rings. The molecule has 0 saturated carbocycles. The molecule has 3 aromatic carbocycles. The van der Waals surface area contributed by atoms with E-state index < -0.39 is 0 Å². The number of rotatable bonds is 20. The predicted molar refractivity (Wildman–Crippen MR) is 230 cm³/mol. The minimum absolute atomic E-state index is 0.709. The summed E-state index contributed by atoms with van der Waals surface area (Å²) >= 11 is 10.8. The quantitative estimate of drug-likeness (QED) is 0.0718. The smallest absolute Gasteiger partial charge is 0.119 e. The van der Waals surface area contributed by atoms with Gasteiger partial charge in [-0.15, -0.1) is 22.7 Å². The summed E-state index contributed by atoms with van der Waals surface area (Å²) < 4.78 is 14.8. The van der Waals surface area contributed by atoms with Crippen LogP contribution >= 0.6 is 54.5 Å². The Morgan fingerprint density at radius 1 is 0.500 bits per heavy atom. The van der Waals surface area contributed by atoms with Gasteiger partial charge in [-0.25, -0.2) is 9.97 Å². The summed E-state index contributed by atoms with van der Waals surface area (Å²) in [4.78, 5) is 13.4. The van der Waals surface area contributed by atoms with E-state index in [-0.39, 0.29) is 0 Å². The third kappa shape index (κ3) is 10.3. The third-order valence-corrected chi connectivity index (χ3v) is 12.6. The van der Waals surface area contributed by atoms with Crippen molar-refractivity contribution in [2.75, 3.05) is 13.2 Å². The Kier molecular flexibility index (Phi) is 14.8. The highest BCUT2D eigenvalue weighted by atomic mass is 79.9. The van der Waals surface area contributed by atoms with Crippen LogP contribution in [0.4, 0.5) is 0 Å². The zero-order chi connectivity index (χ0) is 36.1. The average molecular weight is 861 g/mol. The summed E-state index contributed by atoms with van der Waals surface area (Å²) in [5.74, 6) is 1.71. The van der Waals surface area contributed by atoms with Crippen molar-refractivity contribution < 1.29 is 9.47 Å². The Balaban J connectivity index is 1.41. The van der Waals surface area contributed by atoms with Gasteiger partial charge in [0.25, 0.3) is 0 Å². The van der Waals surface area contributed by atoms with Crippen LogP contribution in [0.5, 0.6) is 11.5 Å². The van der Waals surface area contributed by atoms with Crippen LogP contribution in [0.3, 0.4) is 0 Å². The number of halogens is 2. The maximum Gasteiger partial charge on any atom is 0.119 e. The first kappa shape index (κ1) is 38.7. The van der Waals surface area contributed by atoms with E-state index in [1.165, 1.54) is 64.2 Å². The lowest BCUT2D eigenvalue weighted by Gasteiger charge is -2.16. The fourth-order valence-electron chi connectivity index (χ4n) is 6.46. The van der Waals surface area contributed by atoms with Gasteiger partial charge in [0.2, 0.25) is 0 Å². The van der Waals surface area contributed by atoms with E-state index in [9.17, 15) is 0 Å². The molecule has 0 radical (unpaired) electrons. The number of nitrogens with zero attached hydrogens (tertiary/aromatic N) is 2. The summed E-state index contributed by atoms with van der Waals surface area (Å²) in [6.07, 6.45) is 14.8. The number of unbranched alkanes of at least 4 members (excludes halogenated alkanes) is 10. The van der Waals surface area contributed by atoms with Crippen molar-refractivity contribution >= 4 is 65.6 Å². The maximum atomic E-state index is 6.31. The monoisotopic (exact) mass is 858 g/mol. The Labute approximate surface area is 334 Å². The lowest BCUT2D eigenvalue weighted by molar-refractivity contribution is 0.304. The first-order chi connectivity index (χ1) is 25.5. The molecule has 4 nitrogen and oxygen atoms in total. The van der Waals surface area contributed by atoms with Crippen LogP contribution in [0.1, 0.15) is 90.9 Å². The van der Waals surface area contributed by atoms with Crippen molar-refractivity contribution in [3.63, 3.8) is 0 Å². The Morgan fingerprint density at radius 3 is 1.33 bits per heavy atom. The second-order valence-electron chi connectivity index (χ2n) is 13.3. The van der Waals surface area contributed by atoms with Crippen LogP contribution in [0, 0.1) is 0 Å². The molecule has 0 saturated heterocycles. The summed E-state index contributed by atoms with van der Waals surface area (Å²) in [6, 6.07) is 29.6. The topological polar surface area (TPSA) is 44.2 Å². The Morgan fingerprint density at radius 2 is 0.923 bits per heavy atom. The fourth-order valence-corrected chi connectivity index (χ4v) is 9.29. The molecule has 3 heterocycles. The third-order valence-electron chi connectivity index (χ3n) is 9.25. The number of hydrogen-bond acceptors (Lipinski definition) is 6. The highest BCUT2D eigenvalue weighted by Crippen LogP contribution is 2.43. The number of hydrogen-bond donors (Lipinski definition) is 0. The van der Waals surface area contributed by atoms with Gasteiger partial charge in [-0.1, -0.05) is 114 Å². The molecule has 0 amide bonds. The van der Waals surface area contributed by atoms with Crippen LogP contribution in [-0.2, 0) is 0 Å². The first-order valence-corrected chi connectivity index (χ1v) is 22.1. The van der Waals surface area contributed by atoms with Crippen molar-refractivity contribution in [1.82, 2.24) is 9.97 Å². The van der Waals surface area contributed by atoms with Crippen molar-refractivity contribution in [2.45, 2.75) is 90.9 Å². The molecule has 0 N–H and O–H groups in total. The molecular weight excluding hydrogens is 812 g/mol. The zero-order valence-corrected chi connectivity index (χ0v) is 35.1. The summed E-state index contributed by atoms with van der Waals surface area (Å²) in [6.45, 7) is 5.93. The van der Waals surface area contributed by atoms with Gasteiger partial charge in [-0.05, 0) is 93.2 Å². The van der Waals surface area contributed by atoms with Crippen LogP contribution in [0.25, 0.3) is 54.4 Å². The molecule has 0 unspecified atom stereocenters. The van der Waals surface area contributed by atoms with E-state index in [0.29, 0.717) is 13.2 Å².